The number of aliphatic imine (C=N–C) groups is 2. The molecule has 5 unspecified atom stereocenters. The van der Waals surface area contributed by atoms with Crippen molar-refractivity contribution in [1.82, 2.24) is 4.90 Å². The van der Waals surface area contributed by atoms with E-state index >= 15 is 0 Å². The highest BCUT2D eigenvalue weighted by atomic mass is 32.2. The second-order valence-corrected chi connectivity index (χ2v) is 14.1. The molecule has 204 valence electrons. The summed E-state index contributed by atoms with van der Waals surface area (Å²) in [6.07, 6.45) is 3.66. The van der Waals surface area contributed by atoms with Crippen molar-refractivity contribution in [3.8, 4) is 5.75 Å². The number of carboxylic acid groups (broad SMARTS) is 1. The molecule has 7 nitrogen and oxygen atoms in total. The van der Waals surface area contributed by atoms with Crippen LogP contribution < -0.4 is 0 Å². The van der Waals surface area contributed by atoms with Gasteiger partial charge in [-0.2, -0.15) is 0 Å². The first kappa shape index (κ1) is 28.8. The zero-order valence-electron chi connectivity index (χ0n) is 22.3. The third-order valence-electron chi connectivity index (χ3n) is 7.71. The summed E-state index contributed by atoms with van der Waals surface area (Å²) in [6.45, 7) is 7.75. The van der Waals surface area contributed by atoms with Crippen LogP contribution in [0.25, 0.3) is 0 Å². The van der Waals surface area contributed by atoms with E-state index in [-0.39, 0.29) is 17.5 Å². The lowest BCUT2D eigenvalue weighted by Crippen LogP contribution is -2.51. The Morgan fingerprint density at radius 2 is 2.03 bits per heavy atom. The molecule has 4 rings (SSSR count). The van der Waals surface area contributed by atoms with Crippen LogP contribution in [-0.2, 0) is 11.2 Å². The first-order valence-electron chi connectivity index (χ1n) is 13.0. The van der Waals surface area contributed by atoms with E-state index in [1.54, 1.807) is 24.8 Å². The Morgan fingerprint density at radius 3 is 2.70 bits per heavy atom. The minimum Gasteiger partial charge on any atom is -0.507 e. The third-order valence-corrected chi connectivity index (χ3v) is 11.9. The van der Waals surface area contributed by atoms with Crippen LogP contribution in [0, 0.1) is 5.41 Å². The molecule has 3 N–H and O–H groups in total. The van der Waals surface area contributed by atoms with Crippen LogP contribution in [0.4, 0.5) is 0 Å². The monoisotopic (exact) mass is 565 g/mol. The molecular formula is C27H39N3O4S3. The summed E-state index contributed by atoms with van der Waals surface area (Å²) in [7, 11) is 2.05. The number of aryl methyl sites for hydroxylation is 1. The Balaban J connectivity index is 1.48. The lowest BCUT2D eigenvalue weighted by Gasteiger charge is -2.38. The Bertz CT molecular complexity index is 1080. The molecule has 0 radical (unpaired) electrons. The number of carboxylic acids is 1. The number of phenolic OH excluding ortho intramolecular Hbond substituents is 1. The van der Waals surface area contributed by atoms with Crippen molar-refractivity contribution in [3.05, 3.63) is 29.3 Å². The zero-order chi connectivity index (χ0) is 27.0. The van der Waals surface area contributed by atoms with Crippen LogP contribution >= 0.6 is 35.3 Å². The number of rotatable bonds is 10. The molecule has 1 saturated heterocycles. The van der Waals surface area contributed by atoms with Crippen LogP contribution in [0.2, 0.25) is 0 Å². The van der Waals surface area contributed by atoms with Crippen molar-refractivity contribution in [1.29, 1.82) is 0 Å². The second kappa shape index (κ2) is 11.5. The van der Waals surface area contributed by atoms with Crippen molar-refractivity contribution in [3.63, 3.8) is 0 Å². The van der Waals surface area contributed by atoms with Crippen molar-refractivity contribution in [2.75, 3.05) is 24.3 Å². The van der Waals surface area contributed by atoms with Gasteiger partial charge < -0.3 is 15.3 Å². The first-order chi connectivity index (χ1) is 17.5. The minimum absolute atomic E-state index is 0.0620. The fourth-order valence-electron chi connectivity index (χ4n) is 5.14. The molecule has 0 aromatic heterocycles. The van der Waals surface area contributed by atoms with E-state index in [1.807, 2.05) is 38.7 Å². The number of benzene rings is 1. The normalized spacial score (nSPS) is 29.4. The molecule has 0 bridgehead atoms. The summed E-state index contributed by atoms with van der Waals surface area (Å²) in [5, 5.41) is 33.5. The quantitative estimate of drug-likeness (QED) is 0.350. The summed E-state index contributed by atoms with van der Waals surface area (Å²) in [6, 6.07) is 5.73. The Labute approximate surface area is 233 Å². The number of hydrogen-bond acceptors (Lipinski definition) is 9. The molecule has 1 aromatic rings. The van der Waals surface area contributed by atoms with Gasteiger partial charge in [0, 0.05) is 28.7 Å². The molecule has 3 aliphatic heterocycles. The van der Waals surface area contributed by atoms with Crippen molar-refractivity contribution < 1.29 is 20.1 Å². The van der Waals surface area contributed by atoms with E-state index in [2.05, 4.69) is 22.9 Å². The van der Waals surface area contributed by atoms with Crippen LogP contribution in [0.5, 0.6) is 5.75 Å². The summed E-state index contributed by atoms with van der Waals surface area (Å²) in [4.78, 5) is 23.5. The highest BCUT2D eigenvalue weighted by molar-refractivity contribution is 8.15. The number of carbonyl (C=O) groups is 1. The summed E-state index contributed by atoms with van der Waals surface area (Å²) in [5.41, 5.74) is 0.243. The van der Waals surface area contributed by atoms with E-state index in [0.717, 1.165) is 46.9 Å². The largest absolute Gasteiger partial charge is 0.507 e. The fraction of sp³-hybridized carbons (Fsp3) is 0.667. The van der Waals surface area contributed by atoms with E-state index in [9.17, 15) is 20.1 Å². The lowest BCUT2D eigenvalue weighted by molar-refractivity contribution is -0.141. The molecule has 5 atom stereocenters. The molecule has 3 aliphatic rings. The summed E-state index contributed by atoms with van der Waals surface area (Å²) in [5.74, 6) is 1.36. The fourth-order valence-corrected chi connectivity index (χ4v) is 9.39. The van der Waals surface area contributed by atoms with Gasteiger partial charge in [-0.1, -0.05) is 45.7 Å². The lowest BCUT2D eigenvalue weighted by atomic mass is 9.83. The third kappa shape index (κ3) is 5.73. The zero-order valence-corrected chi connectivity index (χ0v) is 24.8. The molecule has 1 aromatic carbocycles. The molecule has 1 fully saturated rings. The van der Waals surface area contributed by atoms with Crippen LogP contribution in [0.15, 0.2) is 28.2 Å². The minimum atomic E-state index is -1.14. The number of hydrogen-bond donors (Lipinski definition) is 3. The van der Waals surface area contributed by atoms with Gasteiger partial charge in [0.15, 0.2) is 5.54 Å². The second-order valence-electron chi connectivity index (χ2n) is 11.0. The van der Waals surface area contributed by atoms with Crippen LogP contribution in [-0.4, -0.2) is 89.7 Å². The smallest absolute Gasteiger partial charge is 0.332 e. The van der Waals surface area contributed by atoms with Gasteiger partial charge in [0.1, 0.15) is 10.8 Å². The van der Waals surface area contributed by atoms with Gasteiger partial charge in [0.05, 0.1) is 28.1 Å². The molecule has 3 heterocycles. The maximum Gasteiger partial charge on any atom is 0.332 e. The SMILES string of the molecule is CCCCCc1cccc(O)c1C1=NC(C2SCC(C(O)C(C)(C)C3=NC(C)(C(=O)O)CS3)N2C)CS1. The van der Waals surface area contributed by atoms with Gasteiger partial charge in [0.25, 0.3) is 0 Å². The predicted molar refractivity (Wildman–Crippen MR) is 158 cm³/mol. The van der Waals surface area contributed by atoms with Gasteiger partial charge in [-0.15, -0.1) is 35.3 Å². The standard InChI is InChI=1S/C27H39N3O4S3/c1-6-7-8-10-16-11-9-12-19(31)20(16)22-28-17(13-35-22)23-30(5)18(14-36-23)21(32)26(2,3)24-29-27(4,15-37-24)25(33)34/h9,11-12,17-18,21,23,31-32H,6-8,10,13-15H2,1-5H3,(H,33,34). The van der Waals surface area contributed by atoms with E-state index in [1.165, 1.54) is 18.2 Å². The van der Waals surface area contributed by atoms with Crippen molar-refractivity contribution >= 4 is 51.3 Å². The first-order valence-corrected chi connectivity index (χ1v) is 16.0. The van der Waals surface area contributed by atoms with E-state index in [0.29, 0.717) is 16.5 Å². The van der Waals surface area contributed by atoms with Gasteiger partial charge >= 0.3 is 5.97 Å². The van der Waals surface area contributed by atoms with Gasteiger partial charge in [-0.3, -0.25) is 14.9 Å². The Morgan fingerprint density at radius 1 is 1.27 bits per heavy atom. The number of phenols is 1. The number of nitrogens with zero attached hydrogens (tertiary/aromatic N) is 3. The number of aliphatic hydroxyl groups is 1. The summed E-state index contributed by atoms with van der Waals surface area (Å²) >= 11 is 4.96. The van der Waals surface area contributed by atoms with Crippen molar-refractivity contribution in [2.24, 2.45) is 15.4 Å². The predicted octanol–water partition coefficient (Wildman–Crippen LogP) is 4.74. The molecule has 0 aliphatic carbocycles. The molecule has 0 spiro atoms. The number of likely N-dealkylation sites (N-methyl/N-ethyl adjacent to an activating group) is 1. The van der Waals surface area contributed by atoms with Gasteiger partial charge in [0.2, 0.25) is 0 Å². The van der Waals surface area contributed by atoms with Gasteiger partial charge in [-0.05, 0) is 38.4 Å². The maximum atomic E-state index is 11.7. The summed E-state index contributed by atoms with van der Waals surface area (Å²) < 4.78 is 0. The number of unbranched alkanes of at least 4 members (excludes halogenated alkanes) is 2. The van der Waals surface area contributed by atoms with E-state index < -0.39 is 23.0 Å². The van der Waals surface area contributed by atoms with Crippen molar-refractivity contribution in [2.45, 2.75) is 82.5 Å². The molecule has 10 heteroatoms. The molecule has 0 amide bonds. The number of thioether (sulfide) groups is 3. The Kier molecular flexibility index (Phi) is 8.95. The van der Waals surface area contributed by atoms with Gasteiger partial charge in [-0.25, -0.2) is 4.79 Å². The van der Waals surface area contributed by atoms with E-state index in [4.69, 9.17) is 4.99 Å². The Hall–Kier alpha value is -1.20. The number of aliphatic carboxylic acids is 1. The number of aliphatic hydroxyl groups excluding tert-OH is 1. The average molecular weight is 566 g/mol. The van der Waals surface area contributed by atoms with Crippen LogP contribution in [0.3, 0.4) is 0 Å². The maximum absolute atomic E-state index is 11.7. The molecular weight excluding hydrogens is 527 g/mol. The topological polar surface area (TPSA) is 106 Å². The highest BCUT2D eigenvalue weighted by Gasteiger charge is 2.50. The van der Waals surface area contributed by atoms with Crippen LogP contribution in [0.1, 0.15) is 58.1 Å². The number of aromatic hydroxyl groups is 1. The average Bonchev–Trinajstić information content (AvgIpc) is 3.58. The highest BCUT2D eigenvalue weighted by Crippen LogP contribution is 2.44. The molecule has 0 saturated carbocycles. The molecule has 37 heavy (non-hydrogen) atoms.